The van der Waals surface area contributed by atoms with E-state index in [1.807, 2.05) is 0 Å². The van der Waals surface area contributed by atoms with Gasteiger partial charge < -0.3 is 15.6 Å². The van der Waals surface area contributed by atoms with Gasteiger partial charge in [0.15, 0.2) is 5.75 Å². The van der Waals surface area contributed by atoms with Crippen molar-refractivity contribution in [1.82, 2.24) is 4.98 Å². The monoisotopic (exact) mass is 261 g/mol. The minimum absolute atomic E-state index is 0.238. The fourth-order valence-corrected chi connectivity index (χ4v) is 1.16. The Morgan fingerprint density at radius 3 is 2.67 bits per heavy atom. The molecule has 0 saturated heterocycles. The summed E-state index contributed by atoms with van der Waals surface area (Å²) in [5, 5.41) is 17.1. The van der Waals surface area contributed by atoms with Crippen molar-refractivity contribution in [3.8, 4) is 11.8 Å². The first kappa shape index (κ1) is 13.6. The molecule has 0 bridgehead atoms. The number of carboxylic acids is 1. The van der Waals surface area contributed by atoms with Crippen molar-refractivity contribution in [3.05, 3.63) is 17.3 Å². The number of aromatic nitrogens is 1. The number of rotatable bonds is 3. The Bertz CT molecular complexity index is 522. The molecule has 18 heavy (non-hydrogen) atoms. The number of pyridine rings is 1. The summed E-state index contributed by atoms with van der Waals surface area (Å²) in [7, 11) is 0. The van der Waals surface area contributed by atoms with Gasteiger partial charge in [0.05, 0.1) is 12.1 Å². The van der Waals surface area contributed by atoms with Gasteiger partial charge in [0.25, 0.3) is 0 Å². The molecule has 0 aromatic carbocycles. The molecule has 0 radical (unpaired) electrons. The molecule has 9 heteroatoms. The molecular weight excluding hydrogens is 255 g/mol. The number of nitrogens with two attached hydrogens (primary N) is 1. The van der Waals surface area contributed by atoms with E-state index in [1.165, 1.54) is 6.07 Å². The number of carboxylic acid groups (broad SMARTS) is 1. The Morgan fingerprint density at radius 2 is 2.22 bits per heavy atom. The lowest BCUT2D eigenvalue weighted by Crippen LogP contribution is -2.19. The van der Waals surface area contributed by atoms with Crippen LogP contribution in [-0.2, 0) is 11.2 Å². The third kappa shape index (κ3) is 3.51. The summed E-state index contributed by atoms with van der Waals surface area (Å²) >= 11 is 0. The molecule has 6 nitrogen and oxygen atoms in total. The standard InChI is InChI=1S/C9H6F3N3O3/c10-9(11,12)18-6-1-4(2-7(16)17)15-8(14)5(6)3-13/h1H,2H2,(H2,14,15)(H,16,17). The van der Waals surface area contributed by atoms with Gasteiger partial charge in [0, 0.05) is 6.07 Å². The topological polar surface area (TPSA) is 109 Å². The summed E-state index contributed by atoms with van der Waals surface area (Å²) < 4.78 is 39.8. The number of aliphatic carboxylic acids is 1. The van der Waals surface area contributed by atoms with E-state index in [0.29, 0.717) is 0 Å². The van der Waals surface area contributed by atoms with Crippen LogP contribution in [0.3, 0.4) is 0 Å². The van der Waals surface area contributed by atoms with Gasteiger partial charge in [-0.15, -0.1) is 13.2 Å². The molecule has 0 aliphatic carbocycles. The molecule has 96 valence electrons. The average molecular weight is 261 g/mol. The molecule has 1 rings (SSSR count). The predicted octanol–water partition coefficient (Wildman–Crippen LogP) is 1.06. The van der Waals surface area contributed by atoms with Crippen molar-refractivity contribution in [2.24, 2.45) is 0 Å². The lowest BCUT2D eigenvalue weighted by Gasteiger charge is -2.12. The highest BCUT2D eigenvalue weighted by atomic mass is 19.4. The first-order valence-electron chi connectivity index (χ1n) is 4.40. The average Bonchev–Trinajstić information content (AvgIpc) is 2.13. The van der Waals surface area contributed by atoms with E-state index in [2.05, 4.69) is 9.72 Å². The molecule has 0 saturated carbocycles. The quantitative estimate of drug-likeness (QED) is 0.841. The minimum Gasteiger partial charge on any atom is -0.481 e. The highest BCUT2D eigenvalue weighted by Gasteiger charge is 2.33. The van der Waals surface area contributed by atoms with Gasteiger partial charge >= 0.3 is 12.3 Å². The number of nitrogens with zero attached hydrogens (tertiary/aromatic N) is 2. The zero-order valence-electron chi connectivity index (χ0n) is 8.65. The molecular formula is C9H6F3N3O3. The van der Waals surface area contributed by atoms with E-state index < -0.39 is 35.9 Å². The van der Waals surface area contributed by atoms with Gasteiger partial charge in [-0.25, -0.2) is 4.98 Å². The number of carbonyl (C=O) groups is 1. The highest BCUT2D eigenvalue weighted by Crippen LogP contribution is 2.29. The first-order chi connectivity index (χ1) is 8.23. The van der Waals surface area contributed by atoms with Crippen LogP contribution in [0.15, 0.2) is 6.07 Å². The van der Waals surface area contributed by atoms with E-state index in [0.717, 1.165) is 6.07 Å². The Kier molecular flexibility index (Phi) is 3.61. The van der Waals surface area contributed by atoms with E-state index in [9.17, 15) is 18.0 Å². The molecule has 1 aromatic heterocycles. The second kappa shape index (κ2) is 4.79. The molecule has 0 aliphatic heterocycles. The lowest BCUT2D eigenvalue weighted by molar-refractivity contribution is -0.274. The van der Waals surface area contributed by atoms with Crippen molar-refractivity contribution >= 4 is 11.8 Å². The van der Waals surface area contributed by atoms with E-state index in [4.69, 9.17) is 16.1 Å². The second-order valence-electron chi connectivity index (χ2n) is 3.10. The smallest absolute Gasteiger partial charge is 0.481 e. The molecule has 0 amide bonds. The van der Waals surface area contributed by atoms with Crippen LogP contribution in [-0.4, -0.2) is 22.4 Å². The largest absolute Gasteiger partial charge is 0.573 e. The first-order valence-corrected chi connectivity index (χ1v) is 4.40. The summed E-state index contributed by atoms with van der Waals surface area (Å²) in [5.41, 5.74) is 4.42. The molecule has 0 aliphatic rings. The summed E-state index contributed by atoms with van der Waals surface area (Å²) in [6.07, 6.45) is -5.65. The van der Waals surface area contributed by atoms with Crippen LogP contribution in [0, 0.1) is 11.3 Å². The minimum atomic E-state index is -5.01. The molecule has 1 heterocycles. The van der Waals surface area contributed by atoms with Crippen LogP contribution in [0.1, 0.15) is 11.3 Å². The van der Waals surface area contributed by atoms with Crippen molar-refractivity contribution in [3.63, 3.8) is 0 Å². The number of ether oxygens (including phenoxy) is 1. The van der Waals surface area contributed by atoms with Gasteiger partial charge in [0.1, 0.15) is 17.5 Å². The Balaban J connectivity index is 3.24. The number of nitriles is 1. The van der Waals surface area contributed by atoms with Gasteiger partial charge in [-0.3, -0.25) is 4.79 Å². The number of hydrogen-bond acceptors (Lipinski definition) is 5. The van der Waals surface area contributed by atoms with Gasteiger partial charge in [0.2, 0.25) is 0 Å². The summed E-state index contributed by atoms with van der Waals surface area (Å²) in [4.78, 5) is 13.9. The van der Waals surface area contributed by atoms with Gasteiger partial charge in [-0.1, -0.05) is 0 Å². The van der Waals surface area contributed by atoms with Gasteiger partial charge in [-0.2, -0.15) is 5.26 Å². The fraction of sp³-hybridized carbons (Fsp3) is 0.222. The second-order valence-corrected chi connectivity index (χ2v) is 3.10. The molecule has 1 aromatic rings. The van der Waals surface area contributed by atoms with Crippen LogP contribution in [0.4, 0.5) is 19.0 Å². The van der Waals surface area contributed by atoms with Crippen LogP contribution in [0.25, 0.3) is 0 Å². The zero-order valence-corrected chi connectivity index (χ0v) is 8.65. The molecule has 0 atom stereocenters. The Labute approximate surface area is 98.4 Å². The van der Waals surface area contributed by atoms with E-state index in [1.54, 1.807) is 0 Å². The molecule has 0 fully saturated rings. The highest BCUT2D eigenvalue weighted by molar-refractivity contribution is 5.70. The molecule has 3 N–H and O–H groups in total. The third-order valence-electron chi connectivity index (χ3n) is 1.73. The Morgan fingerprint density at radius 1 is 1.61 bits per heavy atom. The van der Waals surface area contributed by atoms with E-state index >= 15 is 0 Å². The predicted molar refractivity (Wildman–Crippen MR) is 51.4 cm³/mol. The van der Waals surface area contributed by atoms with E-state index in [-0.39, 0.29) is 5.69 Å². The van der Waals surface area contributed by atoms with Crippen molar-refractivity contribution in [2.45, 2.75) is 12.8 Å². The number of nitrogen functional groups attached to an aromatic ring is 1. The van der Waals surface area contributed by atoms with Crippen molar-refractivity contribution in [1.29, 1.82) is 5.26 Å². The maximum atomic E-state index is 12.1. The van der Waals surface area contributed by atoms with Crippen LogP contribution in [0.5, 0.6) is 5.75 Å². The number of anilines is 1. The van der Waals surface area contributed by atoms with Crippen molar-refractivity contribution < 1.29 is 27.8 Å². The number of halogens is 3. The molecule has 0 unspecified atom stereocenters. The summed E-state index contributed by atoms with van der Waals surface area (Å²) in [6, 6.07) is 2.13. The van der Waals surface area contributed by atoms with Crippen LogP contribution < -0.4 is 10.5 Å². The lowest BCUT2D eigenvalue weighted by atomic mass is 10.2. The van der Waals surface area contributed by atoms with Crippen molar-refractivity contribution in [2.75, 3.05) is 5.73 Å². The maximum absolute atomic E-state index is 12.1. The SMILES string of the molecule is N#Cc1c(OC(F)(F)F)cc(CC(=O)O)nc1N. The summed E-state index contributed by atoms with van der Waals surface area (Å²) in [5.74, 6) is -2.69. The number of alkyl halides is 3. The number of hydrogen-bond donors (Lipinski definition) is 2. The van der Waals surface area contributed by atoms with Gasteiger partial charge in [-0.05, 0) is 0 Å². The maximum Gasteiger partial charge on any atom is 0.573 e. The fourth-order valence-electron chi connectivity index (χ4n) is 1.16. The molecule has 0 spiro atoms. The van der Waals surface area contributed by atoms with Crippen LogP contribution >= 0.6 is 0 Å². The summed E-state index contributed by atoms with van der Waals surface area (Å²) in [6.45, 7) is 0. The van der Waals surface area contributed by atoms with Crippen LogP contribution in [0.2, 0.25) is 0 Å². The normalized spacial score (nSPS) is 10.8. The zero-order chi connectivity index (χ0) is 13.9. The Hall–Kier alpha value is -2.50. The third-order valence-corrected chi connectivity index (χ3v) is 1.73.